The molecule has 0 heterocycles. The highest BCUT2D eigenvalue weighted by Gasteiger charge is 2.01. The van der Waals surface area contributed by atoms with Crippen LogP contribution in [0.15, 0.2) is 35.5 Å². The lowest BCUT2D eigenvalue weighted by atomic mass is 10.2. The van der Waals surface area contributed by atoms with Crippen molar-refractivity contribution < 1.29 is 14.6 Å². The van der Waals surface area contributed by atoms with Gasteiger partial charge in [-0.15, -0.1) is 0 Å². The first-order valence-corrected chi connectivity index (χ1v) is 6.92. The van der Waals surface area contributed by atoms with Crippen molar-refractivity contribution in [3.63, 3.8) is 0 Å². The fourth-order valence-electron chi connectivity index (χ4n) is 1.17. The van der Waals surface area contributed by atoms with Gasteiger partial charge in [-0.05, 0) is 38.1 Å². The average molecular weight is 236 g/mol. The summed E-state index contributed by atoms with van der Waals surface area (Å²) in [5.74, 6) is -0.174. The lowest BCUT2D eigenvalue weighted by Gasteiger charge is -2.05. The second kappa shape index (κ2) is 6.12. The van der Waals surface area contributed by atoms with Crippen LogP contribution in [0.4, 0.5) is 0 Å². The summed E-state index contributed by atoms with van der Waals surface area (Å²) < 4.78 is 5.54. The molecular weight excluding hydrogens is 220 g/mol. The molecule has 0 spiro atoms. The van der Waals surface area contributed by atoms with Gasteiger partial charge < -0.3 is 9.84 Å². The fraction of sp³-hybridized carbons (Fsp3) is 0.250. The first kappa shape index (κ1) is 12.5. The van der Waals surface area contributed by atoms with Gasteiger partial charge in [0.15, 0.2) is 0 Å². The number of hydrogen-bond donors (Lipinski definition) is 1. The molecule has 1 N–H and O–H groups in total. The number of benzene rings is 1. The Labute approximate surface area is 97.6 Å². The Morgan fingerprint density at radius 2 is 2.06 bits per heavy atom. The number of aromatic carboxylic acids is 1. The number of rotatable bonds is 5. The predicted octanol–water partition coefficient (Wildman–Crippen LogP) is 1.81. The van der Waals surface area contributed by atoms with Crippen LogP contribution >= 0.6 is 0 Å². The summed E-state index contributed by atoms with van der Waals surface area (Å²) in [6, 6.07) is 6.51. The van der Waals surface area contributed by atoms with Gasteiger partial charge in [-0.1, -0.05) is 11.3 Å². The van der Waals surface area contributed by atoms with Crippen molar-refractivity contribution in [1.82, 2.24) is 0 Å². The number of carboxylic acids is 1. The molecule has 0 fully saturated rings. The number of hydrogen-bond acceptors (Lipinski definition) is 2. The van der Waals surface area contributed by atoms with Crippen molar-refractivity contribution in [3.8, 4) is 5.75 Å². The molecule has 0 aromatic heterocycles. The zero-order chi connectivity index (χ0) is 12.0. The third-order valence-electron chi connectivity index (χ3n) is 2.36. The number of allylic oxidation sites excluding steroid dienone is 2. The zero-order valence-corrected chi connectivity index (χ0v) is 11.0. The lowest BCUT2D eigenvalue weighted by Crippen LogP contribution is -2.08. The van der Waals surface area contributed by atoms with Gasteiger partial charge in [0.2, 0.25) is 0 Å². The number of carbonyl (C=O) groups is 1. The molecule has 0 saturated heterocycles. The van der Waals surface area contributed by atoms with Gasteiger partial charge in [0.05, 0.1) is 21.3 Å². The van der Waals surface area contributed by atoms with Gasteiger partial charge in [-0.25, -0.2) is 4.79 Å². The molecule has 0 amide bonds. The molecular formula is C12H16O3Si. The van der Waals surface area contributed by atoms with E-state index in [1.54, 1.807) is 24.3 Å². The first-order chi connectivity index (χ1) is 7.63. The smallest absolute Gasteiger partial charge is 0.335 e. The molecule has 0 radical (unpaired) electrons. The molecule has 0 atom stereocenters. The molecule has 0 aliphatic carbocycles. The quantitative estimate of drug-likeness (QED) is 0.793. The highest BCUT2D eigenvalue weighted by Crippen LogP contribution is 2.11. The van der Waals surface area contributed by atoms with Gasteiger partial charge in [0, 0.05) is 0 Å². The maximum atomic E-state index is 10.6. The monoisotopic (exact) mass is 236 g/mol. The summed E-state index contributed by atoms with van der Waals surface area (Å²) >= 11 is 0. The topological polar surface area (TPSA) is 46.5 Å². The van der Waals surface area contributed by atoms with E-state index in [2.05, 4.69) is 13.0 Å². The van der Waals surface area contributed by atoms with Gasteiger partial charge in [0.25, 0.3) is 0 Å². The first-order valence-electron chi connectivity index (χ1n) is 5.21. The molecule has 0 aliphatic heterocycles. The van der Waals surface area contributed by atoms with Crippen molar-refractivity contribution in [2.45, 2.75) is 13.8 Å². The van der Waals surface area contributed by atoms with E-state index in [4.69, 9.17) is 9.84 Å². The summed E-state index contributed by atoms with van der Waals surface area (Å²) in [7, 11) is -0.311. The molecule has 4 heteroatoms. The van der Waals surface area contributed by atoms with Crippen molar-refractivity contribution in [2.24, 2.45) is 0 Å². The van der Waals surface area contributed by atoms with Gasteiger partial charge in [-0.3, -0.25) is 0 Å². The third-order valence-corrected chi connectivity index (χ3v) is 3.96. The van der Waals surface area contributed by atoms with Gasteiger partial charge >= 0.3 is 5.97 Å². The summed E-state index contributed by atoms with van der Waals surface area (Å²) in [6.45, 7) is 4.15. The van der Waals surface area contributed by atoms with Crippen LogP contribution in [0.2, 0.25) is 0 Å². The Bertz CT molecular complexity index is 382. The third kappa shape index (κ3) is 3.90. The molecule has 1 rings (SSSR count). The van der Waals surface area contributed by atoms with Crippen LogP contribution in [0, 0.1) is 0 Å². The second-order valence-electron chi connectivity index (χ2n) is 3.56. The highest BCUT2D eigenvalue weighted by atomic mass is 28.2. The van der Waals surface area contributed by atoms with Crippen molar-refractivity contribution in [2.75, 3.05) is 6.23 Å². The average Bonchev–Trinajstić information content (AvgIpc) is 2.29. The van der Waals surface area contributed by atoms with Crippen molar-refractivity contribution >= 4 is 15.5 Å². The molecule has 0 aliphatic rings. The summed E-state index contributed by atoms with van der Waals surface area (Å²) in [6.07, 6.45) is 2.87. The van der Waals surface area contributed by atoms with Crippen LogP contribution in [-0.4, -0.2) is 26.8 Å². The Morgan fingerprint density at radius 3 is 2.56 bits per heavy atom. The van der Waals surface area contributed by atoms with Crippen LogP contribution < -0.4 is 4.74 Å². The van der Waals surface area contributed by atoms with E-state index in [-0.39, 0.29) is 15.1 Å². The van der Waals surface area contributed by atoms with Gasteiger partial charge in [-0.2, -0.15) is 0 Å². The SMILES string of the molecule is CC=C(C)[SiH2]COc1ccc(C(=O)O)cc1. The Balaban J connectivity index is 2.47. The Kier molecular flexibility index (Phi) is 4.79. The maximum absolute atomic E-state index is 10.6. The van der Waals surface area contributed by atoms with Crippen LogP contribution in [-0.2, 0) is 0 Å². The minimum Gasteiger partial charge on any atom is -0.497 e. The van der Waals surface area contributed by atoms with E-state index >= 15 is 0 Å². The second-order valence-corrected chi connectivity index (χ2v) is 5.59. The van der Waals surface area contributed by atoms with E-state index in [9.17, 15) is 4.79 Å². The predicted molar refractivity (Wildman–Crippen MR) is 66.9 cm³/mol. The largest absolute Gasteiger partial charge is 0.497 e. The van der Waals surface area contributed by atoms with E-state index in [1.807, 2.05) is 6.92 Å². The molecule has 1 aromatic carbocycles. The molecule has 86 valence electrons. The Morgan fingerprint density at radius 1 is 1.44 bits per heavy atom. The lowest BCUT2D eigenvalue weighted by molar-refractivity contribution is 0.0697. The molecule has 0 saturated carbocycles. The molecule has 1 aromatic rings. The normalized spacial score (nSPS) is 12.0. The maximum Gasteiger partial charge on any atom is 0.335 e. The molecule has 0 unspecified atom stereocenters. The van der Waals surface area contributed by atoms with Gasteiger partial charge in [0.1, 0.15) is 5.75 Å². The highest BCUT2D eigenvalue weighted by molar-refractivity contribution is 6.44. The van der Waals surface area contributed by atoms with E-state index in [0.717, 1.165) is 12.0 Å². The minimum absolute atomic E-state index is 0.286. The molecule has 3 nitrogen and oxygen atoms in total. The summed E-state index contributed by atoms with van der Waals surface area (Å²) in [4.78, 5) is 10.6. The van der Waals surface area contributed by atoms with Crippen LogP contribution in [0.25, 0.3) is 0 Å². The standard InChI is InChI=1S/C12H16O3Si/c1-3-9(2)16-8-15-11-6-4-10(5-7-11)12(13)14/h3-7H,8,16H2,1-2H3,(H,13,14). The van der Waals surface area contributed by atoms with Crippen LogP contribution in [0.3, 0.4) is 0 Å². The van der Waals surface area contributed by atoms with Crippen LogP contribution in [0.1, 0.15) is 24.2 Å². The molecule has 0 bridgehead atoms. The fourth-order valence-corrected chi connectivity index (χ4v) is 2.12. The van der Waals surface area contributed by atoms with E-state index in [1.165, 1.54) is 5.20 Å². The van der Waals surface area contributed by atoms with Crippen LogP contribution in [0.5, 0.6) is 5.75 Å². The minimum atomic E-state index is -0.911. The number of ether oxygens (including phenoxy) is 1. The molecule has 16 heavy (non-hydrogen) atoms. The number of carboxylic acid groups (broad SMARTS) is 1. The summed E-state index contributed by atoms with van der Waals surface area (Å²) in [5.41, 5.74) is 0.286. The van der Waals surface area contributed by atoms with E-state index in [0.29, 0.717) is 0 Å². The zero-order valence-electron chi connectivity index (χ0n) is 9.56. The van der Waals surface area contributed by atoms with E-state index < -0.39 is 5.97 Å². The van der Waals surface area contributed by atoms with Crippen molar-refractivity contribution in [1.29, 1.82) is 0 Å². The van der Waals surface area contributed by atoms with Crippen molar-refractivity contribution in [3.05, 3.63) is 41.1 Å². The summed E-state index contributed by atoms with van der Waals surface area (Å²) in [5, 5.41) is 10.1. The Hall–Kier alpha value is -1.55.